The number of ether oxygens (including phenoxy) is 1. The van der Waals surface area contributed by atoms with Crippen molar-refractivity contribution in [2.75, 3.05) is 18.0 Å². The number of hydrogen-bond donors (Lipinski definition) is 0. The molecule has 9 nitrogen and oxygen atoms in total. The molecule has 0 unspecified atom stereocenters. The van der Waals surface area contributed by atoms with E-state index in [9.17, 15) is 14.0 Å². The maximum absolute atomic E-state index is 13.1. The van der Waals surface area contributed by atoms with Crippen molar-refractivity contribution < 1.29 is 13.5 Å². The smallest absolute Gasteiger partial charge is 0.333 e. The summed E-state index contributed by atoms with van der Waals surface area (Å²) in [5.41, 5.74) is 4.28. The van der Waals surface area contributed by atoms with Gasteiger partial charge in [0.1, 0.15) is 18.0 Å². The van der Waals surface area contributed by atoms with Crippen molar-refractivity contribution in [3.05, 3.63) is 78.6 Å². The molecule has 6 heterocycles. The van der Waals surface area contributed by atoms with E-state index in [1.165, 1.54) is 18.6 Å². The van der Waals surface area contributed by atoms with Crippen LogP contribution < -0.4 is 9.64 Å². The molecule has 0 aromatic carbocycles. The number of hydrogen-bond acceptors (Lipinski definition) is 7. The minimum atomic E-state index is -2.74. The van der Waals surface area contributed by atoms with Gasteiger partial charge in [0.05, 0.1) is 36.6 Å². The first-order chi connectivity index (χ1) is 18.5. The average Bonchev–Trinajstić information content (AvgIpc) is 3.58. The Hall–Kier alpha value is -5.29. The summed E-state index contributed by atoms with van der Waals surface area (Å²) in [5, 5.41) is 17.6. The number of rotatable bonds is 6. The van der Waals surface area contributed by atoms with Crippen LogP contribution in [0.5, 0.6) is 5.88 Å². The first-order valence-corrected chi connectivity index (χ1v) is 11.6. The Bertz CT molecular complexity index is 1710. The maximum Gasteiger partial charge on any atom is 0.333 e. The number of nitrogens with zero attached hydrogens (tertiary/aromatic N) is 8. The van der Waals surface area contributed by atoms with E-state index in [-0.39, 0.29) is 6.10 Å². The van der Waals surface area contributed by atoms with Crippen LogP contribution in [0.4, 0.5) is 14.6 Å². The molecule has 0 aliphatic carbocycles. The van der Waals surface area contributed by atoms with Crippen LogP contribution in [-0.4, -0.2) is 48.6 Å². The molecule has 5 aromatic rings. The Kier molecular flexibility index (Phi) is 5.66. The Labute approximate surface area is 215 Å². The molecule has 0 spiro atoms. The zero-order valence-corrected chi connectivity index (χ0v) is 19.7. The van der Waals surface area contributed by atoms with Gasteiger partial charge in [-0.1, -0.05) is 5.92 Å². The Balaban J connectivity index is 1.24. The fourth-order valence-electron chi connectivity index (χ4n) is 4.31. The summed E-state index contributed by atoms with van der Waals surface area (Å²) in [7, 11) is 0. The molecule has 186 valence electrons. The lowest BCUT2D eigenvalue weighted by Crippen LogP contribution is -2.54. The number of aromatic nitrogens is 6. The van der Waals surface area contributed by atoms with Gasteiger partial charge in [0.25, 0.3) is 0 Å². The summed E-state index contributed by atoms with van der Waals surface area (Å²) in [5.74, 6) is 3.83. The summed E-state index contributed by atoms with van der Waals surface area (Å²) in [4.78, 5) is 10.9. The van der Waals surface area contributed by atoms with Crippen LogP contribution in [0.1, 0.15) is 17.7 Å². The van der Waals surface area contributed by atoms with Gasteiger partial charge in [0.2, 0.25) is 5.88 Å². The average molecular weight is 508 g/mol. The van der Waals surface area contributed by atoms with Gasteiger partial charge in [-0.3, -0.25) is 0 Å². The first kappa shape index (κ1) is 23.1. The van der Waals surface area contributed by atoms with Gasteiger partial charge in [-0.05, 0) is 24.3 Å². The van der Waals surface area contributed by atoms with E-state index in [1.54, 1.807) is 35.2 Å². The molecule has 6 rings (SSSR count). The van der Waals surface area contributed by atoms with Gasteiger partial charge in [-0.25, -0.2) is 19.2 Å². The second-order valence-corrected chi connectivity index (χ2v) is 8.67. The SMILES string of the molecule is C#Cc1ccc(OC2CN(c3ccc(-c4cc(-c5cnn(C(F)F)c5)cn5ncc(C#N)c45)cn3)C2)nc1. The molecule has 11 heteroatoms. The maximum atomic E-state index is 13.1. The van der Waals surface area contributed by atoms with Gasteiger partial charge in [0, 0.05) is 58.7 Å². The second-order valence-electron chi connectivity index (χ2n) is 8.67. The molecule has 1 fully saturated rings. The number of alkyl halides is 2. The quantitative estimate of drug-likeness (QED) is 0.318. The molecular formula is C27H18F2N8O. The predicted octanol–water partition coefficient (Wildman–Crippen LogP) is 4.17. The summed E-state index contributed by atoms with van der Waals surface area (Å²) < 4.78 is 34.2. The molecule has 1 aliphatic heterocycles. The largest absolute Gasteiger partial charge is 0.471 e. The van der Waals surface area contributed by atoms with E-state index in [2.05, 4.69) is 37.1 Å². The van der Waals surface area contributed by atoms with Crippen LogP contribution in [-0.2, 0) is 0 Å². The Morgan fingerprint density at radius 2 is 1.84 bits per heavy atom. The minimum Gasteiger partial charge on any atom is -0.471 e. The van der Waals surface area contributed by atoms with Crippen molar-refractivity contribution in [2.45, 2.75) is 12.7 Å². The van der Waals surface area contributed by atoms with Crippen molar-refractivity contribution in [2.24, 2.45) is 0 Å². The van der Waals surface area contributed by atoms with E-state index in [0.717, 1.165) is 11.4 Å². The van der Waals surface area contributed by atoms with Crippen molar-refractivity contribution in [1.29, 1.82) is 5.26 Å². The molecule has 0 bridgehead atoms. The normalized spacial score (nSPS) is 13.3. The van der Waals surface area contributed by atoms with Crippen molar-refractivity contribution >= 4 is 11.3 Å². The van der Waals surface area contributed by atoms with Crippen LogP contribution in [0.25, 0.3) is 27.8 Å². The van der Waals surface area contributed by atoms with Crippen LogP contribution in [0.15, 0.2) is 67.5 Å². The number of terminal acetylenes is 1. The third-order valence-corrected chi connectivity index (χ3v) is 6.29. The zero-order chi connectivity index (χ0) is 26.2. The molecule has 0 saturated carbocycles. The first-order valence-electron chi connectivity index (χ1n) is 11.6. The van der Waals surface area contributed by atoms with E-state index in [0.29, 0.717) is 57.0 Å². The number of halogens is 2. The monoisotopic (exact) mass is 508 g/mol. The lowest BCUT2D eigenvalue weighted by Gasteiger charge is -2.39. The van der Waals surface area contributed by atoms with Crippen LogP contribution in [0.2, 0.25) is 0 Å². The number of anilines is 1. The van der Waals surface area contributed by atoms with Gasteiger partial charge < -0.3 is 9.64 Å². The summed E-state index contributed by atoms with van der Waals surface area (Å²) in [6.45, 7) is -1.43. The molecule has 0 atom stereocenters. The highest BCUT2D eigenvalue weighted by Crippen LogP contribution is 2.33. The molecule has 0 radical (unpaired) electrons. The van der Waals surface area contributed by atoms with Crippen molar-refractivity contribution in [3.63, 3.8) is 0 Å². The molecule has 1 saturated heterocycles. The van der Waals surface area contributed by atoms with Gasteiger partial charge >= 0.3 is 6.55 Å². The summed E-state index contributed by atoms with van der Waals surface area (Å²) in [6, 6.07) is 11.3. The molecular weight excluding hydrogens is 490 g/mol. The third-order valence-electron chi connectivity index (χ3n) is 6.29. The molecule has 1 aliphatic rings. The lowest BCUT2D eigenvalue weighted by atomic mass is 10.0. The standard InChI is InChI=1S/C27H18F2N8O/c1-2-17-3-6-25(32-9-17)38-22-15-35(16-22)24-5-4-18(10-31-24)23-7-19(21-12-34-37(14-21)27(28)29)13-36-26(23)20(8-30)11-33-36/h1,3-7,9-14,22,27H,15-16H2. The topological polar surface area (TPSA) is 97.2 Å². The minimum absolute atomic E-state index is 0.0175. The summed E-state index contributed by atoms with van der Waals surface area (Å²) in [6.07, 6.45) is 14.5. The van der Waals surface area contributed by atoms with E-state index in [4.69, 9.17) is 11.2 Å². The molecule has 38 heavy (non-hydrogen) atoms. The fraction of sp³-hybridized carbons (Fsp3) is 0.148. The highest BCUT2D eigenvalue weighted by atomic mass is 19.3. The highest BCUT2D eigenvalue weighted by Gasteiger charge is 2.30. The Morgan fingerprint density at radius 1 is 0.974 bits per heavy atom. The lowest BCUT2D eigenvalue weighted by molar-refractivity contribution is 0.0566. The third kappa shape index (κ3) is 4.16. The van der Waals surface area contributed by atoms with Gasteiger partial charge in [-0.15, -0.1) is 6.42 Å². The number of nitriles is 1. The van der Waals surface area contributed by atoms with Gasteiger partial charge in [-0.2, -0.15) is 24.2 Å². The van der Waals surface area contributed by atoms with E-state index in [1.807, 2.05) is 18.2 Å². The van der Waals surface area contributed by atoms with E-state index >= 15 is 0 Å². The molecule has 0 N–H and O–H groups in total. The zero-order valence-electron chi connectivity index (χ0n) is 19.7. The van der Waals surface area contributed by atoms with Gasteiger partial charge in [0.15, 0.2) is 0 Å². The summed E-state index contributed by atoms with van der Waals surface area (Å²) >= 11 is 0. The predicted molar refractivity (Wildman–Crippen MR) is 134 cm³/mol. The molecule has 0 amide bonds. The highest BCUT2D eigenvalue weighted by molar-refractivity contribution is 5.87. The number of pyridine rings is 3. The van der Waals surface area contributed by atoms with Crippen LogP contribution in [0.3, 0.4) is 0 Å². The molecule has 5 aromatic heterocycles. The van der Waals surface area contributed by atoms with Crippen LogP contribution >= 0.6 is 0 Å². The van der Waals surface area contributed by atoms with Crippen LogP contribution in [0, 0.1) is 23.7 Å². The number of fused-ring (bicyclic) bond motifs is 1. The van der Waals surface area contributed by atoms with Crippen molar-refractivity contribution in [3.8, 4) is 46.5 Å². The Morgan fingerprint density at radius 3 is 2.50 bits per heavy atom. The second kappa shape index (κ2) is 9.30. The fourth-order valence-corrected chi connectivity index (χ4v) is 4.31. The van der Waals surface area contributed by atoms with E-state index < -0.39 is 6.55 Å². The van der Waals surface area contributed by atoms with Crippen molar-refractivity contribution in [1.82, 2.24) is 29.4 Å².